The summed E-state index contributed by atoms with van der Waals surface area (Å²) in [6.07, 6.45) is 0. The Morgan fingerprint density at radius 1 is 0.958 bits per heavy atom. The predicted molar refractivity (Wildman–Crippen MR) is 93.5 cm³/mol. The highest BCUT2D eigenvalue weighted by molar-refractivity contribution is 8.08. The second-order valence-electron chi connectivity index (χ2n) is 4.47. The van der Waals surface area contributed by atoms with Gasteiger partial charge in [0.05, 0.1) is 10.6 Å². The van der Waals surface area contributed by atoms with Crippen molar-refractivity contribution < 1.29 is 13.2 Å². The maximum Gasteiger partial charge on any atom is 0.297 e. The summed E-state index contributed by atoms with van der Waals surface area (Å²) in [6, 6.07) is 11.6. The number of sulfone groups is 1. The van der Waals surface area contributed by atoms with Crippen molar-refractivity contribution in [1.29, 1.82) is 0 Å². The number of amides is 1. The Morgan fingerprint density at radius 2 is 1.46 bits per heavy atom. The highest BCUT2D eigenvalue weighted by Gasteiger charge is 2.29. The van der Waals surface area contributed by atoms with Crippen LogP contribution in [0.1, 0.15) is 0 Å². The van der Waals surface area contributed by atoms with Crippen molar-refractivity contribution in [3.8, 4) is 0 Å². The molecule has 24 heavy (non-hydrogen) atoms. The Morgan fingerprint density at radius 3 is 1.96 bits per heavy atom. The first kappa shape index (κ1) is 18.2. The van der Waals surface area contributed by atoms with E-state index in [9.17, 15) is 13.2 Å². The molecule has 0 heterocycles. The summed E-state index contributed by atoms with van der Waals surface area (Å²) < 4.78 is 25.1. The van der Waals surface area contributed by atoms with Crippen LogP contribution in [0.2, 0.25) is 10.0 Å². The number of hydrazone groups is 1. The Balaban J connectivity index is 2.40. The van der Waals surface area contributed by atoms with E-state index in [2.05, 4.69) is 10.5 Å². The highest BCUT2D eigenvalue weighted by Crippen LogP contribution is 2.18. The topological polar surface area (TPSA) is 114 Å². The number of anilines is 1. The number of rotatable bonds is 3. The summed E-state index contributed by atoms with van der Waals surface area (Å²) in [7, 11) is -4.20. The molecule has 4 N–H and O–H groups in total. The summed E-state index contributed by atoms with van der Waals surface area (Å²) in [5.41, 5.74) is 4.68. The Bertz CT molecular complexity index is 866. The monoisotopic (exact) mass is 386 g/mol. The molecular weight excluding hydrogens is 375 g/mol. The van der Waals surface area contributed by atoms with Crippen molar-refractivity contribution in [2.75, 3.05) is 5.43 Å². The number of hydrogen-bond donors (Lipinski definition) is 3. The van der Waals surface area contributed by atoms with Gasteiger partial charge in [-0.05, 0) is 48.5 Å². The van der Waals surface area contributed by atoms with Crippen molar-refractivity contribution in [3.63, 3.8) is 0 Å². The SMILES string of the molecule is NNC(=O)/C(=N/Nc1ccc(Cl)cc1)S(=O)(=O)c1ccc(Cl)cc1. The molecule has 10 heteroatoms. The van der Waals surface area contributed by atoms with Gasteiger partial charge in [-0.2, -0.15) is 5.10 Å². The van der Waals surface area contributed by atoms with E-state index in [0.717, 1.165) is 0 Å². The molecule has 2 rings (SSSR count). The number of carbonyl (C=O) groups excluding carboxylic acids is 1. The lowest BCUT2D eigenvalue weighted by Crippen LogP contribution is -2.40. The molecule has 126 valence electrons. The van der Waals surface area contributed by atoms with Gasteiger partial charge in [-0.15, -0.1) is 0 Å². The van der Waals surface area contributed by atoms with Crippen LogP contribution >= 0.6 is 23.2 Å². The maximum absolute atomic E-state index is 12.6. The number of halogens is 2. The molecule has 0 aliphatic carbocycles. The summed E-state index contributed by atoms with van der Waals surface area (Å²) in [5, 5.41) is 3.74. The maximum atomic E-state index is 12.6. The predicted octanol–water partition coefficient (Wildman–Crippen LogP) is 2.18. The normalized spacial score (nSPS) is 11.9. The van der Waals surface area contributed by atoms with Crippen molar-refractivity contribution >= 4 is 49.7 Å². The molecule has 0 radical (unpaired) electrons. The fraction of sp³-hybridized carbons (Fsp3) is 0. The van der Waals surface area contributed by atoms with Gasteiger partial charge >= 0.3 is 0 Å². The fourth-order valence-corrected chi connectivity index (χ4v) is 3.10. The van der Waals surface area contributed by atoms with Crippen molar-refractivity contribution in [2.24, 2.45) is 10.9 Å². The van der Waals surface area contributed by atoms with Crippen LogP contribution in [-0.4, -0.2) is 19.4 Å². The van der Waals surface area contributed by atoms with Gasteiger partial charge in [0.15, 0.2) is 0 Å². The van der Waals surface area contributed by atoms with E-state index < -0.39 is 20.8 Å². The second-order valence-corrected chi connectivity index (χ2v) is 7.20. The summed E-state index contributed by atoms with van der Waals surface area (Å²) >= 11 is 11.5. The van der Waals surface area contributed by atoms with Crippen molar-refractivity contribution in [3.05, 3.63) is 58.6 Å². The lowest BCUT2D eigenvalue weighted by molar-refractivity contribution is -0.114. The van der Waals surface area contributed by atoms with Crippen LogP contribution < -0.4 is 16.7 Å². The van der Waals surface area contributed by atoms with Crippen molar-refractivity contribution in [2.45, 2.75) is 4.90 Å². The van der Waals surface area contributed by atoms with Crippen LogP contribution in [0.25, 0.3) is 0 Å². The first-order chi connectivity index (χ1) is 11.3. The Labute approximate surface area is 148 Å². The quantitative estimate of drug-likeness (QED) is 0.246. The van der Waals surface area contributed by atoms with Crippen LogP contribution in [0.3, 0.4) is 0 Å². The second kappa shape index (κ2) is 7.63. The van der Waals surface area contributed by atoms with Gasteiger partial charge in [-0.1, -0.05) is 23.2 Å². The van der Waals surface area contributed by atoms with E-state index in [1.54, 1.807) is 29.7 Å². The van der Waals surface area contributed by atoms with Crippen LogP contribution in [0, 0.1) is 0 Å². The van der Waals surface area contributed by atoms with E-state index in [-0.39, 0.29) is 4.90 Å². The standard InChI is InChI=1S/C14H12Cl2N4O3S/c15-9-1-5-11(6-2-9)19-20-14(13(21)18-17)24(22,23)12-7-3-10(16)4-8-12/h1-8,19H,17H2,(H,18,21)/b20-14-. The third-order valence-electron chi connectivity index (χ3n) is 2.83. The van der Waals surface area contributed by atoms with Crippen LogP contribution in [0.15, 0.2) is 58.5 Å². The zero-order valence-corrected chi connectivity index (χ0v) is 14.4. The number of nitrogens with two attached hydrogens (primary N) is 1. The smallest absolute Gasteiger partial charge is 0.288 e. The van der Waals surface area contributed by atoms with E-state index >= 15 is 0 Å². The zero-order chi connectivity index (χ0) is 17.7. The Kier molecular flexibility index (Phi) is 5.79. The van der Waals surface area contributed by atoms with E-state index in [0.29, 0.717) is 15.7 Å². The molecule has 0 saturated heterocycles. The average Bonchev–Trinajstić information content (AvgIpc) is 2.56. The molecule has 0 aliphatic rings. The molecule has 0 bridgehead atoms. The van der Waals surface area contributed by atoms with Gasteiger partial charge in [0.25, 0.3) is 5.91 Å². The number of nitrogens with one attached hydrogen (secondary N) is 2. The molecule has 0 aromatic heterocycles. The van der Waals surface area contributed by atoms with Gasteiger partial charge in [0, 0.05) is 10.0 Å². The molecule has 0 spiro atoms. The number of nitrogens with zero attached hydrogens (tertiary/aromatic N) is 1. The minimum atomic E-state index is -4.20. The van der Waals surface area contributed by atoms with E-state index in [4.69, 9.17) is 29.0 Å². The minimum Gasteiger partial charge on any atom is -0.288 e. The molecule has 0 aliphatic heterocycles. The number of carbonyl (C=O) groups is 1. The van der Waals surface area contributed by atoms with Crippen LogP contribution in [0.5, 0.6) is 0 Å². The lowest BCUT2D eigenvalue weighted by Gasteiger charge is -2.08. The Hall–Kier alpha value is -2.13. The summed E-state index contributed by atoms with van der Waals surface area (Å²) in [6.45, 7) is 0. The molecule has 0 unspecified atom stereocenters. The number of hydrogen-bond acceptors (Lipinski definition) is 6. The van der Waals surface area contributed by atoms with Gasteiger partial charge in [0.2, 0.25) is 14.9 Å². The number of benzene rings is 2. The van der Waals surface area contributed by atoms with Gasteiger partial charge < -0.3 is 0 Å². The molecule has 2 aromatic carbocycles. The molecule has 0 saturated carbocycles. The van der Waals surface area contributed by atoms with Gasteiger partial charge in [0.1, 0.15) is 0 Å². The lowest BCUT2D eigenvalue weighted by atomic mass is 10.3. The van der Waals surface area contributed by atoms with E-state index in [1.807, 2.05) is 0 Å². The third kappa shape index (κ3) is 4.24. The molecule has 7 nitrogen and oxygen atoms in total. The van der Waals surface area contributed by atoms with Crippen molar-refractivity contribution in [1.82, 2.24) is 5.43 Å². The fourth-order valence-electron chi connectivity index (χ4n) is 1.66. The zero-order valence-electron chi connectivity index (χ0n) is 12.0. The van der Waals surface area contributed by atoms with Gasteiger partial charge in [-0.3, -0.25) is 15.6 Å². The molecule has 1 amide bonds. The molecule has 2 aromatic rings. The third-order valence-corrected chi connectivity index (χ3v) is 5.02. The molecule has 0 fully saturated rings. The number of hydrazine groups is 1. The highest BCUT2D eigenvalue weighted by atomic mass is 35.5. The largest absolute Gasteiger partial charge is 0.297 e. The summed E-state index contributed by atoms with van der Waals surface area (Å²) in [4.78, 5) is 11.7. The minimum absolute atomic E-state index is 0.146. The van der Waals surface area contributed by atoms with Gasteiger partial charge in [-0.25, -0.2) is 14.3 Å². The summed E-state index contributed by atoms with van der Waals surface area (Å²) in [5.74, 6) is 3.99. The first-order valence-corrected chi connectivity index (χ1v) is 8.69. The first-order valence-electron chi connectivity index (χ1n) is 6.45. The molecule has 0 atom stereocenters. The van der Waals surface area contributed by atoms with Crippen LogP contribution in [0.4, 0.5) is 5.69 Å². The van der Waals surface area contributed by atoms with Crippen LogP contribution in [-0.2, 0) is 14.6 Å². The van der Waals surface area contributed by atoms with E-state index in [1.165, 1.54) is 24.3 Å². The molecular formula is C14H12Cl2N4O3S. The average molecular weight is 387 g/mol.